The molecule has 0 N–H and O–H groups in total. The minimum absolute atomic E-state index is 1.15. The minimum atomic E-state index is -1.67. The quantitative estimate of drug-likeness (QED) is 0.361. The lowest BCUT2D eigenvalue weighted by atomic mass is 9.91. The minimum Gasteiger partial charge on any atom is -0.0656 e. The first-order valence-corrected chi connectivity index (χ1v) is 13.9. The van der Waals surface area contributed by atoms with Crippen molar-refractivity contribution < 1.29 is 0 Å². The highest BCUT2D eigenvalue weighted by atomic mass is 28.3. The summed E-state index contributed by atoms with van der Waals surface area (Å²) >= 11 is 0. The van der Waals surface area contributed by atoms with Crippen LogP contribution in [-0.2, 0) is 0 Å². The van der Waals surface area contributed by atoms with Gasteiger partial charge in [-0.2, -0.15) is 0 Å². The molecule has 0 bridgehead atoms. The Labute approximate surface area is 174 Å². The molecule has 2 heteroatoms. The van der Waals surface area contributed by atoms with Gasteiger partial charge in [0.15, 0.2) is 0 Å². The molecule has 0 saturated carbocycles. The van der Waals surface area contributed by atoms with Crippen LogP contribution in [0.3, 0.4) is 0 Å². The molecular formula is C26H29Si2. The molecule has 0 aliphatic heterocycles. The van der Waals surface area contributed by atoms with E-state index in [9.17, 15) is 0 Å². The van der Waals surface area contributed by atoms with Crippen molar-refractivity contribution in [2.24, 2.45) is 0 Å². The lowest BCUT2D eigenvalue weighted by Gasteiger charge is -2.28. The Morgan fingerprint density at radius 2 is 1.32 bits per heavy atom. The zero-order valence-electron chi connectivity index (χ0n) is 17.9. The third-order valence-electron chi connectivity index (χ3n) is 5.20. The Balaban J connectivity index is 2.47. The molecule has 0 heterocycles. The Bertz CT molecular complexity index is 1020. The van der Waals surface area contributed by atoms with Crippen molar-refractivity contribution in [3.8, 4) is 0 Å². The molecule has 0 unspecified atom stereocenters. The zero-order valence-corrected chi connectivity index (χ0v) is 19.9. The predicted molar refractivity (Wildman–Crippen MR) is 128 cm³/mol. The van der Waals surface area contributed by atoms with E-state index in [0.717, 1.165) is 5.19 Å². The van der Waals surface area contributed by atoms with Gasteiger partial charge in [0.2, 0.25) is 0 Å². The first-order chi connectivity index (χ1) is 13.2. The second kappa shape index (κ2) is 8.06. The third kappa shape index (κ3) is 4.29. The van der Waals surface area contributed by atoms with E-state index in [4.69, 9.17) is 0 Å². The van der Waals surface area contributed by atoms with Gasteiger partial charge in [-0.05, 0) is 53.8 Å². The van der Waals surface area contributed by atoms with Crippen LogP contribution in [-0.4, -0.2) is 18.3 Å². The highest BCUT2D eigenvalue weighted by Gasteiger charge is 2.27. The van der Waals surface area contributed by atoms with Crippen molar-refractivity contribution in [1.29, 1.82) is 0 Å². The van der Waals surface area contributed by atoms with Crippen LogP contribution in [0.4, 0.5) is 0 Å². The highest BCUT2D eigenvalue weighted by Crippen LogP contribution is 2.38. The summed E-state index contributed by atoms with van der Waals surface area (Å²) in [7, 11) is 2.26. The molecule has 3 radical (unpaired) electrons. The summed E-state index contributed by atoms with van der Waals surface area (Å²) in [6, 6.07) is 24.5. The topological polar surface area (TPSA) is 0 Å². The lowest BCUT2D eigenvalue weighted by molar-refractivity contribution is 1.40. The molecule has 0 spiro atoms. The Morgan fingerprint density at radius 3 is 1.89 bits per heavy atom. The fourth-order valence-electron chi connectivity index (χ4n) is 3.82. The van der Waals surface area contributed by atoms with Gasteiger partial charge in [0.05, 0.1) is 18.3 Å². The second-order valence-electron chi connectivity index (χ2n) is 8.73. The monoisotopic (exact) mass is 397 g/mol. The van der Waals surface area contributed by atoms with Gasteiger partial charge in [0.25, 0.3) is 0 Å². The van der Waals surface area contributed by atoms with Gasteiger partial charge < -0.3 is 0 Å². The van der Waals surface area contributed by atoms with Crippen LogP contribution in [0.15, 0.2) is 66.7 Å². The van der Waals surface area contributed by atoms with Crippen molar-refractivity contribution in [3.05, 3.63) is 100 Å². The summed E-state index contributed by atoms with van der Waals surface area (Å²) < 4.78 is 0. The van der Waals surface area contributed by atoms with E-state index in [1.807, 2.05) is 0 Å². The molecule has 0 nitrogen and oxygen atoms in total. The molecule has 3 aromatic rings. The van der Waals surface area contributed by atoms with Crippen LogP contribution in [0.25, 0.3) is 10.8 Å². The van der Waals surface area contributed by atoms with E-state index >= 15 is 0 Å². The fourth-order valence-corrected chi connectivity index (χ4v) is 6.30. The number of benzene rings is 3. The maximum atomic E-state index is 3.93. The van der Waals surface area contributed by atoms with Crippen LogP contribution in [0.1, 0.15) is 33.4 Å². The summed E-state index contributed by atoms with van der Waals surface area (Å²) in [6.45, 7) is 13.9. The van der Waals surface area contributed by atoms with Crippen LogP contribution < -0.4 is 5.19 Å². The summed E-state index contributed by atoms with van der Waals surface area (Å²) in [5, 5.41) is 2.66. The molecule has 0 amide bonds. The molecule has 0 fully saturated rings. The second-order valence-corrected chi connectivity index (χ2v) is 14.3. The average molecular weight is 398 g/mol. The first kappa shape index (κ1) is 20.6. The molecule has 0 aromatic heterocycles. The van der Waals surface area contributed by atoms with Gasteiger partial charge in [0, 0.05) is 0 Å². The Hall–Kier alpha value is -2.17. The summed E-state index contributed by atoms with van der Waals surface area (Å²) in [6.07, 6.45) is 0. The van der Waals surface area contributed by atoms with Gasteiger partial charge in [-0.1, -0.05) is 103 Å². The van der Waals surface area contributed by atoms with Gasteiger partial charge in [-0.15, -0.1) is 0 Å². The first-order valence-electron chi connectivity index (χ1n) is 9.89. The SMILES string of the molecule is Cc1ccc(C(=C(c2ccccc2C)c2ccc(C)cc2[Si])[Si](C)(C)C)cc1. The van der Waals surface area contributed by atoms with Crippen LogP contribution in [0.2, 0.25) is 19.6 Å². The van der Waals surface area contributed by atoms with E-state index in [0.29, 0.717) is 0 Å². The number of hydrogen-bond acceptors (Lipinski definition) is 0. The Kier molecular flexibility index (Phi) is 5.92. The maximum Gasteiger partial charge on any atom is 0.0792 e. The van der Waals surface area contributed by atoms with E-state index in [-0.39, 0.29) is 0 Å². The zero-order chi connectivity index (χ0) is 20.5. The molecule has 0 aliphatic rings. The summed E-state index contributed by atoms with van der Waals surface area (Å²) in [4.78, 5) is 0. The largest absolute Gasteiger partial charge is 0.0792 e. The molecule has 3 rings (SSSR count). The number of hydrogen-bond donors (Lipinski definition) is 0. The van der Waals surface area contributed by atoms with Crippen molar-refractivity contribution in [2.75, 3.05) is 0 Å². The molecular weight excluding hydrogens is 368 g/mol. The van der Waals surface area contributed by atoms with E-state index in [1.165, 1.54) is 44.2 Å². The van der Waals surface area contributed by atoms with Gasteiger partial charge in [0.1, 0.15) is 0 Å². The molecule has 141 valence electrons. The molecule has 3 aromatic carbocycles. The van der Waals surface area contributed by atoms with Gasteiger partial charge in [-0.3, -0.25) is 0 Å². The predicted octanol–water partition coefficient (Wildman–Crippen LogP) is 6.24. The van der Waals surface area contributed by atoms with E-state index in [2.05, 4.69) is 117 Å². The smallest absolute Gasteiger partial charge is 0.0656 e. The number of rotatable bonds is 4. The number of aryl methyl sites for hydroxylation is 3. The standard InChI is InChI=1S/C26H29Si2/c1-18-11-14-21(15-12-18)26(28(4,5)6)25(22-10-8-7-9-20(22)3)23-16-13-19(2)17-24(23)27/h7-17H,1-6H3. The van der Waals surface area contributed by atoms with Crippen molar-refractivity contribution in [1.82, 2.24) is 0 Å². The van der Waals surface area contributed by atoms with Crippen molar-refractivity contribution in [3.63, 3.8) is 0 Å². The summed E-state index contributed by atoms with van der Waals surface area (Å²) in [5.74, 6) is 0. The fraction of sp³-hybridized carbons (Fsp3) is 0.231. The molecule has 0 aliphatic carbocycles. The molecule has 0 atom stereocenters. The van der Waals surface area contributed by atoms with Gasteiger partial charge in [-0.25, -0.2) is 0 Å². The van der Waals surface area contributed by atoms with Crippen molar-refractivity contribution in [2.45, 2.75) is 40.4 Å². The van der Waals surface area contributed by atoms with Crippen LogP contribution >= 0.6 is 0 Å². The van der Waals surface area contributed by atoms with E-state index < -0.39 is 8.07 Å². The van der Waals surface area contributed by atoms with Crippen LogP contribution in [0, 0.1) is 20.8 Å². The lowest BCUT2D eigenvalue weighted by Crippen LogP contribution is -2.26. The average Bonchev–Trinajstić information content (AvgIpc) is 2.61. The molecule has 28 heavy (non-hydrogen) atoms. The van der Waals surface area contributed by atoms with Crippen molar-refractivity contribution >= 4 is 34.3 Å². The highest BCUT2D eigenvalue weighted by molar-refractivity contribution is 6.95. The van der Waals surface area contributed by atoms with Crippen LogP contribution in [0.5, 0.6) is 0 Å². The van der Waals surface area contributed by atoms with E-state index in [1.54, 1.807) is 0 Å². The normalized spacial score (nSPS) is 12.7. The Morgan fingerprint density at radius 1 is 0.714 bits per heavy atom. The molecule has 0 saturated heterocycles. The summed E-state index contributed by atoms with van der Waals surface area (Å²) in [5.41, 5.74) is 9.18. The third-order valence-corrected chi connectivity index (χ3v) is 7.65. The maximum absolute atomic E-state index is 3.93. The van der Waals surface area contributed by atoms with Gasteiger partial charge >= 0.3 is 0 Å².